The van der Waals surface area contributed by atoms with E-state index in [1.54, 1.807) is 6.92 Å². The number of Topliss-reactive ketones (excluding diaryl/α,β-unsaturated/α-hetero) is 1. The van der Waals surface area contributed by atoms with Crippen molar-refractivity contribution in [1.29, 1.82) is 0 Å². The van der Waals surface area contributed by atoms with Gasteiger partial charge in [0.2, 0.25) is 11.8 Å². The van der Waals surface area contributed by atoms with Gasteiger partial charge in [0.05, 0.1) is 6.42 Å². The molecule has 1 aliphatic rings. The quantitative estimate of drug-likeness (QED) is 0.505. The van der Waals surface area contributed by atoms with Crippen LogP contribution in [0.5, 0.6) is 0 Å². The van der Waals surface area contributed by atoms with Gasteiger partial charge in [-0.1, -0.05) is 45.4 Å². The number of hydrogen-bond donors (Lipinski definition) is 0. The Bertz CT molecular complexity index is 399. The molecule has 1 aliphatic heterocycles. The molecule has 0 bridgehead atoms. The summed E-state index contributed by atoms with van der Waals surface area (Å²) in [4.78, 5) is 36.0. The van der Waals surface area contributed by atoms with Crippen molar-refractivity contribution in [2.45, 2.75) is 71.6 Å². The van der Waals surface area contributed by atoms with Crippen LogP contribution < -0.4 is 0 Å². The Kier molecular flexibility index (Phi) is 7.20. The number of ketones is 1. The third kappa shape index (κ3) is 5.27. The minimum atomic E-state index is -0.395. The molecule has 112 valence electrons. The topological polar surface area (TPSA) is 54.5 Å². The van der Waals surface area contributed by atoms with Crippen LogP contribution in [0.4, 0.5) is 0 Å². The van der Waals surface area contributed by atoms with Crippen molar-refractivity contribution in [2.75, 3.05) is 0 Å². The Balaban J connectivity index is 2.26. The molecule has 20 heavy (non-hydrogen) atoms. The minimum Gasteiger partial charge on any atom is -0.294 e. The maximum atomic E-state index is 11.9. The van der Waals surface area contributed by atoms with Gasteiger partial charge in [0.1, 0.15) is 0 Å². The van der Waals surface area contributed by atoms with Crippen LogP contribution >= 0.6 is 0 Å². The predicted octanol–water partition coefficient (Wildman–Crippen LogP) is 3.36. The van der Waals surface area contributed by atoms with E-state index in [1.807, 2.05) is 0 Å². The van der Waals surface area contributed by atoms with Gasteiger partial charge in [0.15, 0.2) is 5.78 Å². The van der Waals surface area contributed by atoms with E-state index in [0.29, 0.717) is 12.0 Å². The number of carbonyl (C=O) groups excluding carboxylic acids is 3. The summed E-state index contributed by atoms with van der Waals surface area (Å²) in [6.07, 6.45) is 9.58. The van der Waals surface area contributed by atoms with Gasteiger partial charge in [-0.2, -0.15) is 0 Å². The van der Waals surface area contributed by atoms with Crippen LogP contribution in [0, 0.1) is 0 Å². The number of hydrogen-bond acceptors (Lipinski definition) is 3. The van der Waals surface area contributed by atoms with Crippen molar-refractivity contribution >= 4 is 17.6 Å². The van der Waals surface area contributed by atoms with E-state index in [4.69, 9.17) is 0 Å². The fraction of sp³-hybridized carbons (Fsp3) is 0.688. The second-order valence-electron chi connectivity index (χ2n) is 5.44. The smallest absolute Gasteiger partial charge is 0.241 e. The third-order valence-electron chi connectivity index (χ3n) is 3.61. The summed E-state index contributed by atoms with van der Waals surface area (Å²) in [5.41, 5.74) is 0.484. The molecule has 0 aromatic carbocycles. The van der Waals surface area contributed by atoms with Crippen molar-refractivity contribution in [2.24, 2.45) is 0 Å². The number of unbranched alkanes of at least 4 members (excludes halogenated alkanes) is 6. The molecule has 0 aromatic heterocycles. The van der Waals surface area contributed by atoms with Gasteiger partial charge >= 0.3 is 0 Å². The molecule has 0 saturated carbocycles. The Morgan fingerprint density at radius 2 is 1.70 bits per heavy atom. The number of allylic oxidation sites excluding steroid dienone is 1. The molecule has 0 N–H and O–H groups in total. The molecule has 4 heteroatoms. The highest BCUT2D eigenvalue weighted by molar-refractivity contribution is 6.13. The Morgan fingerprint density at radius 1 is 1.10 bits per heavy atom. The van der Waals surface area contributed by atoms with Crippen molar-refractivity contribution in [3.8, 4) is 0 Å². The molecule has 0 saturated heterocycles. The molecule has 0 fully saturated rings. The maximum absolute atomic E-state index is 11.9. The lowest BCUT2D eigenvalue weighted by Crippen LogP contribution is -2.37. The number of nitrogens with zero attached hydrogens (tertiary/aromatic N) is 1. The van der Waals surface area contributed by atoms with Crippen LogP contribution in [0.1, 0.15) is 71.6 Å². The van der Waals surface area contributed by atoms with E-state index in [0.717, 1.165) is 24.2 Å². The fourth-order valence-corrected chi connectivity index (χ4v) is 2.26. The Morgan fingerprint density at radius 3 is 2.35 bits per heavy atom. The molecule has 0 aromatic rings. The molecular formula is C16H25NO3. The zero-order chi connectivity index (χ0) is 15.0. The molecule has 1 heterocycles. The lowest BCUT2D eigenvalue weighted by Gasteiger charge is -2.21. The van der Waals surface area contributed by atoms with E-state index < -0.39 is 5.91 Å². The average molecular weight is 279 g/mol. The van der Waals surface area contributed by atoms with Crippen LogP contribution in [-0.4, -0.2) is 22.5 Å². The number of rotatable bonds is 8. The zero-order valence-electron chi connectivity index (χ0n) is 12.6. The first-order valence-corrected chi connectivity index (χ1v) is 7.62. The highest BCUT2D eigenvalue weighted by Gasteiger charge is 2.27. The molecule has 1 rings (SSSR count). The van der Waals surface area contributed by atoms with Crippen molar-refractivity contribution in [1.82, 2.24) is 4.90 Å². The molecule has 0 atom stereocenters. The first-order chi connectivity index (χ1) is 9.56. The normalized spacial score (nSPS) is 15.5. The number of amides is 2. The minimum absolute atomic E-state index is 0.176. The summed E-state index contributed by atoms with van der Waals surface area (Å²) in [6, 6.07) is 0. The summed E-state index contributed by atoms with van der Waals surface area (Å²) < 4.78 is 0. The van der Waals surface area contributed by atoms with Crippen molar-refractivity contribution < 1.29 is 14.4 Å². The number of imide groups is 1. The predicted molar refractivity (Wildman–Crippen MR) is 77.8 cm³/mol. The second-order valence-corrected chi connectivity index (χ2v) is 5.44. The van der Waals surface area contributed by atoms with Crippen molar-refractivity contribution in [3.05, 3.63) is 11.8 Å². The van der Waals surface area contributed by atoms with Crippen LogP contribution in [0.15, 0.2) is 11.8 Å². The summed E-state index contributed by atoms with van der Waals surface area (Å²) in [7, 11) is 0. The van der Waals surface area contributed by atoms with Gasteiger partial charge in [0.25, 0.3) is 0 Å². The lowest BCUT2D eigenvalue weighted by molar-refractivity contribution is -0.143. The highest BCUT2D eigenvalue weighted by Crippen LogP contribution is 2.15. The van der Waals surface area contributed by atoms with Gasteiger partial charge in [-0.25, -0.2) is 0 Å². The van der Waals surface area contributed by atoms with Crippen LogP contribution in [0.2, 0.25) is 0 Å². The van der Waals surface area contributed by atoms with Gasteiger partial charge in [0, 0.05) is 18.2 Å². The standard InChI is InChI=1S/C16H25NO3/c1-3-4-5-6-7-8-9-10-15(19)17-12-13(2)14(18)11-16(17)20/h12H,3-11H2,1-2H3. The fourth-order valence-electron chi connectivity index (χ4n) is 2.26. The van der Waals surface area contributed by atoms with E-state index in [2.05, 4.69) is 6.92 Å². The summed E-state index contributed by atoms with van der Waals surface area (Å²) in [5.74, 6) is -0.765. The third-order valence-corrected chi connectivity index (χ3v) is 3.61. The summed E-state index contributed by atoms with van der Waals surface area (Å²) in [6.45, 7) is 3.83. The molecular weight excluding hydrogens is 254 g/mol. The molecule has 2 amide bonds. The lowest BCUT2D eigenvalue weighted by atomic mass is 10.1. The maximum Gasteiger partial charge on any atom is 0.241 e. The molecule has 4 nitrogen and oxygen atoms in total. The summed E-state index contributed by atoms with van der Waals surface area (Å²) >= 11 is 0. The molecule has 0 aliphatic carbocycles. The summed E-state index contributed by atoms with van der Waals surface area (Å²) in [5, 5.41) is 0. The van der Waals surface area contributed by atoms with E-state index in [9.17, 15) is 14.4 Å². The zero-order valence-corrected chi connectivity index (χ0v) is 12.6. The van der Waals surface area contributed by atoms with Gasteiger partial charge in [-0.15, -0.1) is 0 Å². The van der Waals surface area contributed by atoms with Crippen LogP contribution in [0.25, 0.3) is 0 Å². The van der Waals surface area contributed by atoms with Crippen molar-refractivity contribution in [3.63, 3.8) is 0 Å². The largest absolute Gasteiger partial charge is 0.294 e. The van der Waals surface area contributed by atoms with Crippen LogP contribution in [0.3, 0.4) is 0 Å². The Labute approximate surface area is 121 Å². The van der Waals surface area contributed by atoms with E-state index >= 15 is 0 Å². The van der Waals surface area contributed by atoms with E-state index in [-0.39, 0.29) is 18.1 Å². The van der Waals surface area contributed by atoms with Gasteiger partial charge in [-0.3, -0.25) is 19.3 Å². The monoisotopic (exact) mass is 279 g/mol. The van der Waals surface area contributed by atoms with Gasteiger partial charge < -0.3 is 0 Å². The second kappa shape index (κ2) is 8.67. The van der Waals surface area contributed by atoms with E-state index in [1.165, 1.54) is 31.9 Å². The SMILES string of the molecule is CCCCCCCCCC(=O)N1C=C(C)C(=O)CC1=O. The highest BCUT2D eigenvalue weighted by atomic mass is 16.2. The first-order valence-electron chi connectivity index (χ1n) is 7.62. The number of carbonyl (C=O) groups is 3. The molecule has 0 unspecified atom stereocenters. The van der Waals surface area contributed by atoms with Crippen LogP contribution in [-0.2, 0) is 14.4 Å². The van der Waals surface area contributed by atoms with Gasteiger partial charge in [-0.05, 0) is 13.3 Å². The average Bonchev–Trinajstić information content (AvgIpc) is 2.41. The Hall–Kier alpha value is -1.45. The molecule has 0 radical (unpaired) electrons. The first kappa shape index (κ1) is 16.6. The molecule has 0 spiro atoms.